The van der Waals surface area contributed by atoms with Gasteiger partial charge in [0.25, 0.3) is 0 Å². The molecular weight excluding hydrogens is 302 g/mol. The van der Waals surface area contributed by atoms with Gasteiger partial charge in [0, 0.05) is 5.56 Å². The van der Waals surface area contributed by atoms with E-state index in [1.54, 1.807) is 36.5 Å². The van der Waals surface area contributed by atoms with Crippen LogP contribution in [0.5, 0.6) is 5.75 Å². The van der Waals surface area contributed by atoms with Gasteiger partial charge >= 0.3 is 0 Å². The summed E-state index contributed by atoms with van der Waals surface area (Å²) in [7, 11) is 0. The number of halogens is 1. The summed E-state index contributed by atoms with van der Waals surface area (Å²) in [5, 5.41) is 9.61. The first-order valence-electron chi connectivity index (χ1n) is 6.78. The maximum absolute atomic E-state index is 8.99. The van der Waals surface area contributed by atoms with E-state index in [0.29, 0.717) is 22.4 Å². The number of hydrogen-bond acceptors (Lipinski definition) is 4. The third-order valence-corrected chi connectivity index (χ3v) is 3.49. The Kier molecular flexibility index (Phi) is 4.42. The molecule has 0 aliphatic heterocycles. The van der Waals surface area contributed by atoms with Gasteiger partial charge in [-0.25, -0.2) is 4.98 Å². The van der Waals surface area contributed by atoms with Crippen LogP contribution in [0, 0.1) is 0 Å². The van der Waals surface area contributed by atoms with E-state index in [1.807, 2.05) is 18.2 Å². The Hall–Kier alpha value is -2.30. The van der Waals surface area contributed by atoms with Crippen LogP contribution in [0.3, 0.4) is 0 Å². The van der Waals surface area contributed by atoms with Crippen molar-refractivity contribution in [2.24, 2.45) is 0 Å². The number of aromatic nitrogens is 1. The third-order valence-electron chi connectivity index (χ3n) is 3.16. The van der Waals surface area contributed by atoms with Gasteiger partial charge in [0.1, 0.15) is 5.75 Å². The second-order valence-corrected chi connectivity index (χ2v) is 5.10. The van der Waals surface area contributed by atoms with Crippen LogP contribution >= 0.6 is 11.6 Å². The van der Waals surface area contributed by atoms with Gasteiger partial charge in [0.2, 0.25) is 5.89 Å². The topological polar surface area (TPSA) is 55.5 Å². The van der Waals surface area contributed by atoms with Gasteiger partial charge in [-0.15, -0.1) is 0 Å². The molecule has 0 atom stereocenters. The molecule has 1 aromatic heterocycles. The lowest BCUT2D eigenvalue weighted by molar-refractivity contribution is 0.263. The molecule has 0 radical (unpaired) electrons. The van der Waals surface area contributed by atoms with Gasteiger partial charge in [-0.05, 0) is 29.8 Å². The lowest BCUT2D eigenvalue weighted by Crippen LogP contribution is -1.95. The fourth-order valence-electron chi connectivity index (χ4n) is 2.00. The first kappa shape index (κ1) is 14.6. The van der Waals surface area contributed by atoms with Crippen molar-refractivity contribution in [3.63, 3.8) is 0 Å². The van der Waals surface area contributed by atoms with Crippen LogP contribution in [0.25, 0.3) is 11.3 Å². The zero-order valence-corrected chi connectivity index (χ0v) is 12.5. The van der Waals surface area contributed by atoms with Gasteiger partial charge in [0.15, 0.2) is 12.4 Å². The molecule has 0 spiro atoms. The van der Waals surface area contributed by atoms with E-state index in [-0.39, 0.29) is 13.2 Å². The van der Waals surface area contributed by atoms with Crippen LogP contribution in [0.4, 0.5) is 0 Å². The monoisotopic (exact) mass is 315 g/mol. The standard InChI is InChI=1S/C17H14ClNO3/c18-15-4-2-1-3-14(15)16-9-19-17(22-16)11-21-13-7-5-12(10-20)6-8-13/h1-9,20H,10-11H2. The molecule has 3 rings (SSSR count). The second kappa shape index (κ2) is 6.64. The Morgan fingerprint density at radius 2 is 1.86 bits per heavy atom. The van der Waals surface area contributed by atoms with Crippen molar-refractivity contribution in [2.75, 3.05) is 0 Å². The number of oxazole rings is 1. The normalized spacial score (nSPS) is 10.6. The summed E-state index contributed by atoms with van der Waals surface area (Å²) in [6.07, 6.45) is 1.63. The molecule has 5 heteroatoms. The van der Waals surface area contributed by atoms with Crippen molar-refractivity contribution in [3.8, 4) is 17.1 Å². The summed E-state index contributed by atoms with van der Waals surface area (Å²) >= 11 is 6.13. The molecule has 0 aliphatic rings. The molecule has 112 valence electrons. The summed E-state index contributed by atoms with van der Waals surface area (Å²) in [6.45, 7) is 0.240. The molecule has 0 amide bonds. The number of aliphatic hydroxyl groups is 1. The van der Waals surface area contributed by atoms with E-state index < -0.39 is 0 Å². The van der Waals surface area contributed by atoms with Crippen molar-refractivity contribution >= 4 is 11.6 Å². The lowest BCUT2D eigenvalue weighted by atomic mass is 10.2. The van der Waals surface area contributed by atoms with Crippen LogP contribution in [0.2, 0.25) is 5.02 Å². The summed E-state index contributed by atoms with van der Waals surface area (Å²) < 4.78 is 11.3. The molecule has 1 N–H and O–H groups in total. The van der Waals surface area contributed by atoms with Crippen molar-refractivity contribution in [1.82, 2.24) is 4.98 Å². The zero-order valence-electron chi connectivity index (χ0n) is 11.7. The highest BCUT2D eigenvalue weighted by atomic mass is 35.5. The minimum Gasteiger partial charge on any atom is -0.484 e. The quantitative estimate of drug-likeness (QED) is 0.771. The molecule has 0 saturated carbocycles. The van der Waals surface area contributed by atoms with Gasteiger partial charge in [0.05, 0.1) is 17.8 Å². The minimum atomic E-state index is 0.0151. The number of nitrogens with zero attached hydrogens (tertiary/aromatic N) is 1. The molecule has 0 saturated heterocycles. The highest BCUT2D eigenvalue weighted by Gasteiger charge is 2.09. The highest BCUT2D eigenvalue weighted by molar-refractivity contribution is 6.33. The first-order valence-corrected chi connectivity index (χ1v) is 7.16. The molecular formula is C17H14ClNO3. The second-order valence-electron chi connectivity index (χ2n) is 4.69. The number of rotatable bonds is 5. The van der Waals surface area contributed by atoms with E-state index in [2.05, 4.69) is 4.98 Å². The molecule has 0 fully saturated rings. The van der Waals surface area contributed by atoms with Crippen LogP contribution in [0.15, 0.2) is 59.1 Å². The fraction of sp³-hybridized carbons (Fsp3) is 0.118. The number of aliphatic hydroxyl groups excluding tert-OH is 1. The average Bonchev–Trinajstić information content (AvgIpc) is 3.02. The third kappa shape index (κ3) is 3.30. The number of ether oxygens (including phenoxy) is 1. The molecule has 0 aliphatic carbocycles. The van der Waals surface area contributed by atoms with E-state index in [1.165, 1.54) is 0 Å². The molecule has 0 unspecified atom stereocenters. The lowest BCUT2D eigenvalue weighted by Gasteiger charge is -2.04. The summed E-state index contributed by atoms with van der Waals surface area (Å²) in [5.74, 6) is 1.77. The maximum atomic E-state index is 8.99. The molecule has 22 heavy (non-hydrogen) atoms. The van der Waals surface area contributed by atoms with Crippen molar-refractivity contribution in [2.45, 2.75) is 13.2 Å². The minimum absolute atomic E-state index is 0.0151. The zero-order chi connectivity index (χ0) is 15.4. The Morgan fingerprint density at radius 1 is 1.09 bits per heavy atom. The van der Waals surface area contributed by atoms with Crippen LogP contribution < -0.4 is 4.74 Å². The Labute approximate surface area is 133 Å². The number of hydrogen-bond donors (Lipinski definition) is 1. The summed E-state index contributed by atoms with van der Waals surface area (Å²) in [4.78, 5) is 4.19. The first-order chi connectivity index (χ1) is 10.8. The molecule has 1 heterocycles. The van der Waals surface area contributed by atoms with Gasteiger partial charge < -0.3 is 14.3 Å². The average molecular weight is 316 g/mol. The molecule has 3 aromatic rings. The van der Waals surface area contributed by atoms with Crippen LogP contribution in [0.1, 0.15) is 11.5 Å². The predicted molar refractivity (Wildman–Crippen MR) is 83.6 cm³/mol. The van der Waals surface area contributed by atoms with Gasteiger partial charge in [-0.3, -0.25) is 0 Å². The molecule has 2 aromatic carbocycles. The Morgan fingerprint density at radius 3 is 2.59 bits per heavy atom. The SMILES string of the molecule is OCc1ccc(OCc2ncc(-c3ccccc3Cl)o2)cc1. The predicted octanol–water partition coefficient (Wildman–Crippen LogP) is 4.07. The van der Waals surface area contributed by atoms with E-state index in [4.69, 9.17) is 25.9 Å². The van der Waals surface area contributed by atoms with Gasteiger partial charge in [-0.2, -0.15) is 0 Å². The number of benzene rings is 2. The largest absolute Gasteiger partial charge is 0.484 e. The smallest absolute Gasteiger partial charge is 0.232 e. The maximum Gasteiger partial charge on any atom is 0.232 e. The Balaban J connectivity index is 1.68. The van der Waals surface area contributed by atoms with Crippen LogP contribution in [-0.4, -0.2) is 10.1 Å². The fourth-order valence-corrected chi connectivity index (χ4v) is 2.23. The van der Waals surface area contributed by atoms with Crippen LogP contribution in [-0.2, 0) is 13.2 Å². The summed E-state index contributed by atoms with van der Waals surface area (Å²) in [5.41, 5.74) is 1.64. The summed E-state index contributed by atoms with van der Waals surface area (Å²) in [6, 6.07) is 14.6. The van der Waals surface area contributed by atoms with Gasteiger partial charge in [-0.1, -0.05) is 35.9 Å². The Bertz CT molecular complexity index is 753. The van der Waals surface area contributed by atoms with E-state index in [0.717, 1.165) is 11.1 Å². The van der Waals surface area contributed by atoms with Crippen molar-refractivity contribution in [3.05, 3.63) is 71.2 Å². The van der Waals surface area contributed by atoms with E-state index in [9.17, 15) is 0 Å². The van der Waals surface area contributed by atoms with Crippen molar-refractivity contribution < 1.29 is 14.3 Å². The highest BCUT2D eigenvalue weighted by Crippen LogP contribution is 2.28. The molecule has 4 nitrogen and oxygen atoms in total. The molecule has 0 bridgehead atoms. The van der Waals surface area contributed by atoms with E-state index >= 15 is 0 Å². The van der Waals surface area contributed by atoms with Crippen molar-refractivity contribution in [1.29, 1.82) is 0 Å².